The number of anilines is 1. The largest absolute Gasteiger partial charge is 0.353 e. The summed E-state index contributed by atoms with van der Waals surface area (Å²) in [5, 5.41) is 10.5. The molecule has 4 rings (SSSR count). The molecule has 0 bridgehead atoms. The Labute approximate surface area is 144 Å². The zero-order valence-electron chi connectivity index (χ0n) is 14.2. The zero-order chi connectivity index (χ0) is 17.4. The Balaban J connectivity index is 1.70. The summed E-state index contributed by atoms with van der Waals surface area (Å²) in [6.45, 7) is 5.44. The van der Waals surface area contributed by atoms with Gasteiger partial charge in [-0.2, -0.15) is 4.68 Å². The monoisotopic (exact) mass is 340 g/mol. The molecule has 0 spiro atoms. The van der Waals surface area contributed by atoms with E-state index in [0.717, 1.165) is 18.8 Å². The van der Waals surface area contributed by atoms with Crippen molar-refractivity contribution in [3.8, 4) is 11.5 Å². The molecule has 130 valence electrons. The molecule has 3 aromatic rings. The summed E-state index contributed by atoms with van der Waals surface area (Å²) in [6, 6.07) is 2.25. The molecule has 4 heterocycles. The summed E-state index contributed by atoms with van der Waals surface area (Å²) in [5.74, 6) is 1.96. The van der Waals surface area contributed by atoms with Crippen LogP contribution in [0.1, 0.15) is 26.7 Å². The third-order valence-electron chi connectivity index (χ3n) is 4.96. The standard InChI is InChI=1S/C16H20N8O/c1-11-4-3-6-22(12(11)2)14-8-15(18-10-17-14)24-16(25)13(9-20-24)23-7-5-19-21-23/h5,7-12,20H,3-4,6H2,1-2H3. The second kappa shape index (κ2) is 6.15. The molecule has 0 saturated carbocycles. The lowest BCUT2D eigenvalue weighted by atomic mass is 9.92. The van der Waals surface area contributed by atoms with Gasteiger partial charge in [0.15, 0.2) is 11.5 Å². The van der Waals surface area contributed by atoms with Gasteiger partial charge in [-0.1, -0.05) is 12.1 Å². The first-order chi connectivity index (χ1) is 12.1. The van der Waals surface area contributed by atoms with Gasteiger partial charge in [0.2, 0.25) is 0 Å². The Kier molecular flexibility index (Phi) is 3.83. The first-order valence-electron chi connectivity index (χ1n) is 8.41. The van der Waals surface area contributed by atoms with Gasteiger partial charge >= 0.3 is 0 Å². The summed E-state index contributed by atoms with van der Waals surface area (Å²) in [6.07, 6.45) is 8.61. The molecule has 0 radical (unpaired) electrons. The normalized spacial score (nSPS) is 20.8. The van der Waals surface area contributed by atoms with E-state index in [2.05, 4.69) is 44.1 Å². The van der Waals surface area contributed by atoms with Crippen LogP contribution in [0.15, 0.2) is 35.8 Å². The van der Waals surface area contributed by atoms with E-state index in [4.69, 9.17) is 0 Å². The van der Waals surface area contributed by atoms with Gasteiger partial charge in [0, 0.05) is 18.7 Å². The average Bonchev–Trinajstić information content (AvgIpc) is 3.27. The minimum Gasteiger partial charge on any atom is -0.353 e. The van der Waals surface area contributed by atoms with E-state index in [-0.39, 0.29) is 5.56 Å². The number of nitrogens with one attached hydrogen (secondary N) is 1. The first-order valence-corrected chi connectivity index (χ1v) is 8.41. The molecule has 1 aliphatic rings. The Morgan fingerprint density at radius 2 is 2.08 bits per heavy atom. The van der Waals surface area contributed by atoms with E-state index in [9.17, 15) is 4.79 Å². The van der Waals surface area contributed by atoms with Crippen molar-refractivity contribution >= 4 is 5.82 Å². The van der Waals surface area contributed by atoms with Crippen molar-refractivity contribution in [1.29, 1.82) is 0 Å². The molecule has 1 aliphatic heterocycles. The van der Waals surface area contributed by atoms with Crippen LogP contribution >= 0.6 is 0 Å². The van der Waals surface area contributed by atoms with Crippen LogP contribution in [0.25, 0.3) is 11.5 Å². The summed E-state index contributed by atoms with van der Waals surface area (Å²) in [7, 11) is 0. The molecule has 2 unspecified atom stereocenters. The maximum absolute atomic E-state index is 12.6. The molecule has 2 atom stereocenters. The molecule has 1 fully saturated rings. The van der Waals surface area contributed by atoms with Gasteiger partial charge < -0.3 is 4.90 Å². The number of nitrogens with zero attached hydrogens (tertiary/aromatic N) is 7. The van der Waals surface area contributed by atoms with Crippen molar-refractivity contribution in [2.24, 2.45) is 5.92 Å². The molecule has 9 nitrogen and oxygen atoms in total. The van der Waals surface area contributed by atoms with E-state index in [0.29, 0.717) is 23.5 Å². The predicted octanol–water partition coefficient (Wildman–Crippen LogP) is 1.16. The van der Waals surface area contributed by atoms with E-state index in [1.54, 1.807) is 12.4 Å². The first kappa shape index (κ1) is 15.6. The molecule has 0 aliphatic carbocycles. The Morgan fingerprint density at radius 1 is 1.24 bits per heavy atom. The number of aromatic amines is 1. The third-order valence-corrected chi connectivity index (χ3v) is 4.96. The number of hydrogen-bond acceptors (Lipinski definition) is 6. The van der Waals surface area contributed by atoms with E-state index >= 15 is 0 Å². The molecule has 9 heteroatoms. The van der Waals surface area contributed by atoms with Gasteiger partial charge in [-0.15, -0.1) is 5.10 Å². The summed E-state index contributed by atoms with van der Waals surface area (Å²) in [4.78, 5) is 23.6. The lowest BCUT2D eigenvalue weighted by Crippen LogP contribution is -2.43. The highest BCUT2D eigenvalue weighted by Gasteiger charge is 2.26. The number of aromatic nitrogens is 7. The maximum atomic E-state index is 12.6. The summed E-state index contributed by atoms with van der Waals surface area (Å²) in [5.41, 5.74) is 0.146. The Bertz CT molecular complexity index is 912. The van der Waals surface area contributed by atoms with Crippen molar-refractivity contribution in [1.82, 2.24) is 34.7 Å². The van der Waals surface area contributed by atoms with Crippen molar-refractivity contribution in [3.05, 3.63) is 41.3 Å². The summed E-state index contributed by atoms with van der Waals surface area (Å²) >= 11 is 0. The summed E-state index contributed by atoms with van der Waals surface area (Å²) < 4.78 is 2.81. The van der Waals surface area contributed by atoms with Crippen LogP contribution in [-0.2, 0) is 0 Å². The highest BCUT2D eigenvalue weighted by Crippen LogP contribution is 2.27. The molecule has 25 heavy (non-hydrogen) atoms. The lowest BCUT2D eigenvalue weighted by Gasteiger charge is -2.38. The minimum atomic E-state index is -0.241. The van der Waals surface area contributed by atoms with Crippen LogP contribution in [-0.4, -0.2) is 47.3 Å². The fourth-order valence-corrected chi connectivity index (χ4v) is 3.31. The highest BCUT2D eigenvalue weighted by molar-refractivity contribution is 5.45. The third kappa shape index (κ3) is 2.71. The molecule has 0 amide bonds. The van der Waals surface area contributed by atoms with Gasteiger partial charge in [0.1, 0.15) is 12.1 Å². The van der Waals surface area contributed by atoms with E-state index in [1.807, 2.05) is 6.07 Å². The van der Waals surface area contributed by atoms with Crippen molar-refractivity contribution in [3.63, 3.8) is 0 Å². The molecule has 1 N–H and O–H groups in total. The van der Waals surface area contributed by atoms with Gasteiger partial charge in [-0.05, 0) is 25.7 Å². The van der Waals surface area contributed by atoms with E-state index < -0.39 is 0 Å². The number of rotatable bonds is 3. The Morgan fingerprint density at radius 3 is 2.88 bits per heavy atom. The minimum absolute atomic E-state index is 0.241. The number of piperidine rings is 1. The quantitative estimate of drug-likeness (QED) is 0.768. The topological polar surface area (TPSA) is 97.5 Å². The van der Waals surface area contributed by atoms with Crippen LogP contribution in [0.3, 0.4) is 0 Å². The van der Waals surface area contributed by atoms with Crippen LogP contribution in [0.4, 0.5) is 5.82 Å². The zero-order valence-corrected chi connectivity index (χ0v) is 14.2. The smallest absolute Gasteiger partial charge is 0.298 e. The van der Waals surface area contributed by atoms with Crippen LogP contribution in [0, 0.1) is 5.92 Å². The van der Waals surface area contributed by atoms with Gasteiger partial charge in [0.05, 0.1) is 18.6 Å². The fraction of sp³-hybridized carbons (Fsp3) is 0.438. The molecule has 3 aromatic heterocycles. The van der Waals surface area contributed by atoms with Crippen molar-refractivity contribution in [2.45, 2.75) is 32.7 Å². The fourth-order valence-electron chi connectivity index (χ4n) is 3.31. The molecule has 0 aromatic carbocycles. The van der Waals surface area contributed by atoms with Crippen LogP contribution in [0.5, 0.6) is 0 Å². The lowest BCUT2D eigenvalue weighted by molar-refractivity contribution is 0.361. The molecular weight excluding hydrogens is 320 g/mol. The van der Waals surface area contributed by atoms with Crippen molar-refractivity contribution < 1.29 is 0 Å². The van der Waals surface area contributed by atoms with Gasteiger partial charge in [-0.25, -0.2) is 14.6 Å². The molecule has 1 saturated heterocycles. The van der Waals surface area contributed by atoms with Gasteiger partial charge in [-0.3, -0.25) is 9.89 Å². The van der Waals surface area contributed by atoms with Gasteiger partial charge in [0.25, 0.3) is 5.56 Å². The SMILES string of the molecule is CC1CCCN(c2cc(-n3[nH]cc(-n4ccnn4)c3=O)ncn2)C1C. The van der Waals surface area contributed by atoms with Crippen LogP contribution in [0.2, 0.25) is 0 Å². The average molecular weight is 340 g/mol. The second-order valence-electron chi connectivity index (χ2n) is 6.43. The number of H-pyrrole nitrogens is 1. The molecular formula is C16H20N8O. The predicted molar refractivity (Wildman–Crippen MR) is 92.1 cm³/mol. The van der Waals surface area contributed by atoms with E-state index in [1.165, 1.54) is 28.3 Å². The highest BCUT2D eigenvalue weighted by atomic mass is 16.1. The number of hydrogen-bond donors (Lipinski definition) is 1. The maximum Gasteiger partial charge on any atom is 0.298 e. The second-order valence-corrected chi connectivity index (χ2v) is 6.43. The Hall–Kier alpha value is -2.97. The van der Waals surface area contributed by atoms with Crippen molar-refractivity contribution in [2.75, 3.05) is 11.4 Å². The van der Waals surface area contributed by atoms with Crippen LogP contribution < -0.4 is 10.5 Å².